The Bertz CT molecular complexity index is 1960. The molecule has 11 nitrogen and oxygen atoms in total. The molecule has 6 N–H and O–H groups in total. The number of quaternary nitrogens is 1. The molecule has 3 atom stereocenters. The third kappa shape index (κ3) is 8.32. The minimum atomic E-state index is -1.06. The van der Waals surface area contributed by atoms with E-state index in [-0.39, 0.29) is 12.8 Å². The summed E-state index contributed by atoms with van der Waals surface area (Å²) in [6.07, 6.45) is 6.14. The van der Waals surface area contributed by atoms with Crippen molar-refractivity contribution in [2.45, 2.75) is 63.6 Å². The molecule has 268 valence electrons. The smallest absolute Gasteiger partial charge is 0.328 e. The average Bonchev–Trinajstić information content (AvgIpc) is 3.13. The lowest BCUT2D eigenvalue weighted by molar-refractivity contribution is -0.368. The van der Waals surface area contributed by atoms with Gasteiger partial charge in [0, 0.05) is 24.5 Å². The molecule has 0 aliphatic carbocycles. The van der Waals surface area contributed by atoms with Crippen LogP contribution in [0.5, 0.6) is 11.5 Å². The Morgan fingerprint density at radius 2 is 1.43 bits per heavy atom. The van der Waals surface area contributed by atoms with Crippen LogP contribution in [0.15, 0.2) is 72.8 Å². The van der Waals surface area contributed by atoms with E-state index in [1.54, 1.807) is 14.2 Å². The van der Waals surface area contributed by atoms with Crippen LogP contribution in [0.25, 0.3) is 32.7 Å². The Labute approximate surface area is 297 Å². The van der Waals surface area contributed by atoms with Crippen molar-refractivity contribution < 1.29 is 39.1 Å². The summed E-state index contributed by atoms with van der Waals surface area (Å²) in [5.41, 5.74) is 7.10. The zero-order valence-electron chi connectivity index (χ0n) is 29.7. The zero-order valence-corrected chi connectivity index (χ0v) is 29.7. The predicted octanol–water partition coefficient (Wildman–Crippen LogP) is 3.78. The van der Waals surface area contributed by atoms with E-state index in [0.717, 1.165) is 44.7 Å². The van der Waals surface area contributed by atoms with E-state index >= 15 is 0 Å². The van der Waals surface area contributed by atoms with Gasteiger partial charge < -0.3 is 35.9 Å². The van der Waals surface area contributed by atoms with Crippen LogP contribution in [0, 0.1) is 0 Å². The lowest BCUT2D eigenvalue weighted by atomic mass is 9.87. The van der Waals surface area contributed by atoms with Crippen molar-refractivity contribution in [3.8, 4) is 22.6 Å². The second-order valence-electron chi connectivity index (χ2n) is 12.7. The number of hydrogen-bond acceptors (Lipinski definition) is 7. The number of rotatable bonds is 8. The van der Waals surface area contributed by atoms with Gasteiger partial charge in [0.1, 0.15) is 29.6 Å². The molecule has 0 spiro atoms. The van der Waals surface area contributed by atoms with Crippen LogP contribution in [0.3, 0.4) is 0 Å². The first-order valence-electron chi connectivity index (χ1n) is 17.3. The summed E-state index contributed by atoms with van der Waals surface area (Å²) in [5.74, 6) is -0.890. The van der Waals surface area contributed by atoms with Crippen LogP contribution in [0.4, 0.5) is 0 Å². The Morgan fingerprint density at radius 1 is 0.824 bits per heavy atom. The number of benzene rings is 4. The Balaban J connectivity index is 1.78. The van der Waals surface area contributed by atoms with Crippen molar-refractivity contribution in [3.63, 3.8) is 0 Å². The largest absolute Gasteiger partial charge is 0.496 e. The highest BCUT2D eigenvalue weighted by molar-refractivity contribution is 6.11. The number of fused-ring (bicyclic) bond motifs is 9. The normalized spacial score (nSPS) is 18.9. The molecule has 0 saturated heterocycles. The molecule has 1 unspecified atom stereocenters. The number of carbonyl (C=O) groups is 4. The van der Waals surface area contributed by atoms with Gasteiger partial charge in [0.05, 0.1) is 27.9 Å². The maximum absolute atomic E-state index is 14.1. The van der Waals surface area contributed by atoms with Gasteiger partial charge in [0.2, 0.25) is 17.7 Å². The summed E-state index contributed by atoms with van der Waals surface area (Å²) in [7, 11) is 4.50. The monoisotopic (exact) mass is 695 g/mol. The zero-order chi connectivity index (χ0) is 36.5. The van der Waals surface area contributed by atoms with Crippen molar-refractivity contribution in [1.29, 1.82) is 0 Å². The highest BCUT2D eigenvalue weighted by Gasteiger charge is 2.31. The number of carbonyl (C=O) groups excluding carboxylic acids is 4. The van der Waals surface area contributed by atoms with E-state index in [0.29, 0.717) is 42.9 Å². The van der Waals surface area contributed by atoms with Gasteiger partial charge >= 0.3 is 5.97 Å². The van der Waals surface area contributed by atoms with E-state index in [4.69, 9.17) is 14.2 Å². The summed E-state index contributed by atoms with van der Waals surface area (Å²) >= 11 is 0. The second kappa shape index (κ2) is 17.0. The minimum Gasteiger partial charge on any atom is -0.496 e. The van der Waals surface area contributed by atoms with Gasteiger partial charge in [-0.05, 0) is 76.9 Å². The topological polar surface area (TPSA) is 160 Å². The van der Waals surface area contributed by atoms with Crippen LogP contribution in [-0.4, -0.2) is 69.7 Å². The van der Waals surface area contributed by atoms with Gasteiger partial charge in [-0.15, -0.1) is 0 Å². The lowest BCUT2D eigenvalue weighted by Crippen LogP contribution is -2.56. The Morgan fingerprint density at radius 3 is 2.02 bits per heavy atom. The number of esters is 1. The van der Waals surface area contributed by atoms with Crippen LogP contribution in [-0.2, 0) is 36.8 Å². The summed E-state index contributed by atoms with van der Waals surface area (Å²) in [6.45, 7) is 2.01. The number of ether oxygens (including phenoxy) is 3. The molecule has 51 heavy (non-hydrogen) atoms. The Kier molecular flexibility index (Phi) is 12.3. The van der Waals surface area contributed by atoms with Gasteiger partial charge in [0.15, 0.2) is 0 Å². The first-order valence-corrected chi connectivity index (χ1v) is 17.3. The van der Waals surface area contributed by atoms with E-state index in [2.05, 4.69) is 27.8 Å². The first-order chi connectivity index (χ1) is 24.7. The quantitative estimate of drug-likeness (QED) is 0.124. The predicted molar refractivity (Wildman–Crippen MR) is 196 cm³/mol. The van der Waals surface area contributed by atoms with Crippen molar-refractivity contribution in [2.75, 3.05) is 27.9 Å². The molecule has 4 bridgehead atoms. The molecular formula is C40H47N4O7+. The number of unbranched alkanes of at least 4 members (excludes halogenated alkanes) is 1. The highest BCUT2D eigenvalue weighted by atomic mass is 16.5. The van der Waals surface area contributed by atoms with E-state index in [1.807, 2.05) is 66.7 Å². The molecule has 1 aliphatic heterocycles. The number of methoxy groups -OCH3 is 3. The molecule has 0 fully saturated rings. The fourth-order valence-corrected chi connectivity index (χ4v) is 6.85. The SMILES string of the molecule is COC(=O)[C@@H]1C/C=C\Cc2cc3ccccc3c(c2OC)-c2c(OC)c(cc3ccccc23)CC(NC(C)=O)C(=O)N[C@@H](CCCC[NH3+])C(=O)N1. The van der Waals surface area contributed by atoms with Crippen molar-refractivity contribution in [3.05, 3.63) is 83.9 Å². The van der Waals surface area contributed by atoms with Crippen molar-refractivity contribution >= 4 is 45.2 Å². The third-order valence-electron chi connectivity index (χ3n) is 9.24. The maximum Gasteiger partial charge on any atom is 0.328 e. The molecule has 0 aromatic heterocycles. The lowest BCUT2D eigenvalue weighted by Gasteiger charge is -2.26. The van der Waals surface area contributed by atoms with Crippen molar-refractivity contribution in [1.82, 2.24) is 16.0 Å². The maximum atomic E-state index is 14.1. The minimum absolute atomic E-state index is 0.0626. The fraction of sp³-hybridized carbons (Fsp3) is 0.350. The molecule has 0 radical (unpaired) electrons. The molecule has 11 heteroatoms. The number of allylic oxidation sites excluding steroid dienone is 1. The fourth-order valence-electron chi connectivity index (χ4n) is 6.85. The van der Waals surface area contributed by atoms with Gasteiger partial charge in [-0.1, -0.05) is 60.7 Å². The molecule has 0 saturated carbocycles. The highest BCUT2D eigenvalue weighted by Crippen LogP contribution is 2.48. The van der Waals surface area contributed by atoms with Gasteiger partial charge in [-0.3, -0.25) is 14.4 Å². The van der Waals surface area contributed by atoms with Gasteiger partial charge in [-0.25, -0.2) is 4.79 Å². The summed E-state index contributed by atoms with van der Waals surface area (Å²) in [4.78, 5) is 53.2. The molecule has 3 amide bonds. The molecule has 4 aromatic rings. The molecular weight excluding hydrogens is 648 g/mol. The summed E-state index contributed by atoms with van der Waals surface area (Å²) in [6, 6.07) is 17.1. The van der Waals surface area contributed by atoms with Crippen molar-refractivity contribution in [2.24, 2.45) is 0 Å². The second-order valence-corrected chi connectivity index (χ2v) is 12.7. The van der Waals surface area contributed by atoms with Crippen LogP contribution < -0.4 is 31.2 Å². The third-order valence-corrected chi connectivity index (χ3v) is 9.24. The van der Waals surface area contributed by atoms with Gasteiger partial charge in [0.25, 0.3) is 0 Å². The first kappa shape index (κ1) is 36.9. The number of amides is 3. The molecule has 4 aromatic carbocycles. The molecule has 1 aliphatic rings. The summed E-state index contributed by atoms with van der Waals surface area (Å²) < 4.78 is 17.5. The van der Waals surface area contributed by atoms with Gasteiger partial charge in [-0.2, -0.15) is 0 Å². The standard InChI is InChI=1S/C40H46N4O7/c1-24(45)42-33-23-28-22-26-14-6-9-17-30(26)35(37(28)50-3)34-29-16-8-5-13-25(29)21-27(36(34)49-2)15-7-10-19-32(40(48)51-4)44-38(46)31(43-39(33)47)18-11-12-20-41/h5-10,13-14,16-17,21-22,31-33H,11-12,15,18-20,23,41H2,1-4H3,(H,42,45)(H,43,47)(H,44,46)/p+1/b10-7-/t31-,32-,33?/m0/s1. The molecule has 5 rings (SSSR count). The molecule has 1 heterocycles. The number of hydrogen-bond donors (Lipinski definition) is 4. The average molecular weight is 696 g/mol. The summed E-state index contributed by atoms with van der Waals surface area (Å²) in [5, 5.41) is 12.2. The van der Waals surface area contributed by atoms with E-state index < -0.39 is 41.8 Å². The van der Waals surface area contributed by atoms with Crippen LogP contribution in [0.1, 0.15) is 43.7 Å². The Hall–Kier alpha value is -5.42. The van der Waals surface area contributed by atoms with Crippen LogP contribution in [0.2, 0.25) is 0 Å². The van der Waals surface area contributed by atoms with Crippen LogP contribution >= 0.6 is 0 Å². The number of nitrogens with one attached hydrogen (secondary N) is 3. The van der Waals surface area contributed by atoms with E-state index in [1.165, 1.54) is 14.0 Å². The van der Waals surface area contributed by atoms with E-state index in [9.17, 15) is 19.2 Å².